The number of ether oxygens (including phenoxy) is 1. The lowest BCUT2D eigenvalue weighted by Gasteiger charge is -2.43. The molecule has 3 aliphatic heterocycles. The zero-order valence-corrected chi connectivity index (χ0v) is 16.5. The van der Waals surface area contributed by atoms with Crippen LogP contribution in [0.2, 0.25) is 0 Å². The van der Waals surface area contributed by atoms with E-state index in [0.717, 1.165) is 63.4 Å². The van der Waals surface area contributed by atoms with Gasteiger partial charge in [0.05, 0.1) is 18.0 Å². The largest absolute Gasteiger partial charge is 0.368 e. The lowest BCUT2D eigenvalue weighted by Crippen LogP contribution is -2.48. The molecule has 6 nitrogen and oxygen atoms in total. The van der Waals surface area contributed by atoms with Gasteiger partial charge in [0.1, 0.15) is 5.60 Å². The van der Waals surface area contributed by atoms with Crippen LogP contribution in [0, 0.1) is 5.92 Å². The molecule has 0 N–H and O–H groups in total. The van der Waals surface area contributed by atoms with Gasteiger partial charge in [-0.25, -0.2) is 4.68 Å². The number of carbonyl (C=O) groups is 1. The Hall–Kier alpha value is -2.18. The van der Waals surface area contributed by atoms with Crippen LogP contribution >= 0.6 is 0 Å². The van der Waals surface area contributed by atoms with E-state index in [-0.39, 0.29) is 11.5 Å². The van der Waals surface area contributed by atoms with E-state index in [1.165, 1.54) is 5.56 Å². The molecule has 148 valence electrons. The second kappa shape index (κ2) is 7.01. The fourth-order valence-corrected chi connectivity index (χ4v) is 5.04. The maximum Gasteiger partial charge on any atom is 0.222 e. The van der Waals surface area contributed by atoms with Crippen LogP contribution in [-0.2, 0) is 21.6 Å². The highest BCUT2D eigenvalue weighted by atomic mass is 16.5. The number of para-hydroxylation sites is 1. The molecule has 1 amide bonds. The van der Waals surface area contributed by atoms with Gasteiger partial charge in [-0.2, -0.15) is 5.10 Å². The third-order valence-electron chi connectivity index (χ3n) is 6.59. The maximum absolute atomic E-state index is 11.8. The van der Waals surface area contributed by atoms with Gasteiger partial charge in [0.25, 0.3) is 0 Å². The molecule has 3 aliphatic rings. The van der Waals surface area contributed by atoms with Crippen molar-refractivity contribution in [3.63, 3.8) is 0 Å². The summed E-state index contributed by atoms with van der Waals surface area (Å²) in [6, 6.07) is 10.3. The summed E-state index contributed by atoms with van der Waals surface area (Å²) < 4.78 is 8.38. The zero-order valence-electron chi connectivity index (χ0n) is 16.5. The number of likely N-dealkylation sites (tertiary alicyclic amines) is 2. The van der Waals surface area contributed by atoms with Crippen LogP contribution in [0.3, 0.4) is 0 Å². The standard InChI is InChI=1S/C22H28N4O2/c1-24-14-17(13-20(24)27)15-25-10-8-22(9-11-25)21-18(7-12-28-22)16-26(23-21)19-5-3-2-4-6-19/h2-6,16-17H,7-15H2,1H3. The minimum absolute atomic E-state index is 0.244. The van der Waals surface area contributed by atoms with Gasteiger partial charge in [-0.05, 0) is 42.9 Å². The molecule has 6 heteroatoms. The van der Waals surface area contributed by atoms with Crippen molar-refractivity contribution in [1.82, 2.24) is 19.6 Å². The highest BCUT2D eigenvalue weighted by Gasteiger charge is 2.43. The summed E-state index contributed by atoms with van der Waals surface area (Å²) in [5.74, 6) is 0.747. The SMILES string of the molecule is CN1CC(CN2CCC3(CC2)OCCc2cn(-c4ccccc4)nc23)CC1=O. The van der Waals surface area contributed by atoms with Gasteiger partial charge in [-0.15, -0.1) is 0 Å². The van der Waals surface area contributed by atoms with Crippen molar-refractivity contribution in [2.75, 3.05) is 39.8 Å². The molecule has 28 heavy (non-hydrogen) atoms. The predicted octanol–water partition coefficient (Wildman–Crippen LogP) is 2.21. The third kappa shape index (κ3) is 3.14. The molecule has 2 saturated heterocycles. The molecule has 2 aromatic rings. The van der Waals surface area contributed by atoms with Crippen LogP contribution in [0.25, 0.3) is 5.69 Å². The van der Waals surface area contributed by atoms with Gasteiger partial charge in [0.15, 0.2) is 0 Å². The maximum atomic E-state index is 11.8. The van der Waals surface area contributed by atoms with Crippen LogP contribution < -0.4 is 0 Å². The van der Waals surface area contributed by atoms with Crippen LogP contribution in [0.4, 0.5) is 0 Å². The molecule has 1 spiro atoms. The number of amides is 1. The fourth-order valence-electron chi connectivity index (χ4n) is 5.04. The number of benzene rings is 1. The van der Waals surface area contributed by atoms with Crippen molar-refractivity contribution in [2.24, 2.45) is 5.92 Å². The van der Waals surface area contributed by atoms with E-state index < -0.39 is 0 Å². The second-order valence-electron chi connectivity index (χ2n) is 8.52. The molecule has 0 saturated carbocycles. The molecule has 1 aromatic carbocycles. The Bertz CT molecular complexity index is 855. The summed E-state index contributed by atoms with van der Waals surface area (Å²) in [5, 5.41) is 4.97. The average molecular weight is 380 g/mol. The van der Waals surface area contributed by atoms with Crippen molar-refractivity contribution in [3.05, 3.63) is 47.8 Å². The molecular formula is C22H28N4O2. The van der Waals surface area contributed by atoms with E-state index >= 15 is 0 Å². The number of nitrogens with zero attached hydrogens (tertiary/aromatic N) is 4. The summed E-state index contributed by atoms with van der Waals surface area (Å²) in [4.78, 5) is 16.2. The van der Waals surface area contributed by atoms with Gasteiger partial charge in [-0.3, -0.25) is 4.79 Å². The number of piperidine rings is 1. The first-order valence-electron chi connectivity index (χ1n) is 10.4. The van der Waals surface area contributed by atoms with Crippen molar-refractivity contribution in [3.8, 4) is 5.69 Å². The first-order chi connectivity index (χ1) is 13.6. The van der Waals surface area contributed by atoms with Crippen LogP contribution in [0.5, 0.6) is 0 Å². The number of fused-ring (bicyclic) bond motifs is 2. The summed E-state index contributed by atoms with van der Waals surface area (Å²) in [5.41, 5.74) is 3.32. The predicted molar refractivity (Wildman–Crippen MR) is 106 cm³/mol. The zero-order chi connectivity index (χ0) is 19.1. The van der Waals surface area contributed by atoms with E-state index in [9.17, 15) is 4.79 Å². The van der Waals surface area contributed by atoms with Crippen LogP contribution in [0.15, 0.2) is 36.5 Å². The van der Waals surface area contributed by atoms with Crippen LogP contribution in [0.1, 0.15) is 30.5 Å². The second-order valence-corrected chi connectivity index (χ2v) is 8.52. The van der Waals surface area contributed by atoms with Gasteiger partial charge in [0, 0.05) is 45.8 Å². The number of rotatable bonds is 3. The van der Waals surface area contributed by atoms with Gasteiger partial charge < -0.3 is 14.5 Å². The number of hydrogen-bond donors (Lipinski definition) is 0. The Labute approximate surface area is 166 Å². The normalized spacial score (nSPS) is 24.7. The smallest absolute Gasteiger partial charge is 0.222 e. The summed E-state index contributed by atoms with van der Waals surface area (Å²) in [6.07, 6.45) is 5.76. The highest BCUT2D eigenvalue weighted by Crippen LogP contribution is 2.41. The molecule has 0 aliphatic carbocycles. The summed E-state index contributed by atoms with van der Waals surface area (Å²) in [6.45, 7) is 4.69. The lowest BCUT2D eigenvalue weighted by atomic mass is 9.83. The highest BCUT2D eigenvalue weighted by molar-refractivity contribution is 5.78. The topological polar surface area (TPSA) is 50.6 Å². The third-order valence-corrected chi connectivity index (χ3v) is 6.59. The van der Waals surface area contributed by atoms with Crippen molar-refractivity contribution in [1.29, 1.82) is 0 Å². The molecule has 4 heterocycles. The monoisotopic (exact) mass is 380 g/mol. The molecule has 0 radical (unpaired) electrons. The fraction of sp³-hybridized carbons (Fsp3) is 0.545. The minimum atomic E-state index is -0.244. The summed E-state index contributed by atoms with van der Waals surface area (Å²) >= 11 is 0. The van der Waals surface area contributed by atoms with Gasteiger partial charge >= 0.3 is 0 Å². The van der Waals surface area contributed by atoms with Gasteiger partial charge in [-0.1, -0.05) is 18.2 Å². The molecule has 1 aromatic heterocycles. The van der Waals surface area contributed by atoms with E-state index in [1.807, 2.05) is 34.8 Å². The quantitative estimate of drug-likeness (QED) is 0.819. The molecule has 0 bridgehead atoms. The molecule has 2 fully saturated rings. The van der Waals surface area contributed by atoms with Crippen LogP contribution in [-0.4, -0.2) is 65.3 Å². The Balaban J connectivity index is 1.30. The lowest BCUT2D eigenvalue weighted by molar-refractivity contribution is -0.126. The van der Waals surface area contributed by atoms with Gasteiger partial charge in [0.2, 0.25) is 5.91 Å². The van der Waals surface area contributed by atoms with E-state index in [2.05, 4.69) is 23.2 Å². The van der Waals surface area contributed by atoms with Crippen molar-refractivity contribution < 1.29 is 9.53 Å². The Kier molecular flexibility index (Phi) is 4.48. The van der Waals surface area contributed by atoms with Crippen molar-refractivity contribution in [2.45, 2.75) is 31.3 Å². The Morgan fingerprint density at radius 3 is 2.71 bits per heavy atom. The number of hydrogen-bond acceptors (Lipinski definition) is 4. The Morgan fingerprint density at radius 1 is 1.21 bits per heavy atom. The van der Waals surface area contributed by atoms with Crippen molar-refractivity contribution >= 4 is 5.91 Å². The number of aromatic nitrogens is 2. The number of carbonyl (C=O) groups excluding carboxylic acids is 1. The van der Waals surface area contributed by atoms with E-state index in [4.69, 9.17) is 9.84 Å². The first kappa shape index (κ1) is 17.9. The van der Waals surface area contributed by atoms with E-state index in [1.54, 1.807) is 0 Å². The van der Waals surface area contributed by atoms with E-state index in [0.29, 0.717) is 12.3 Å². The molecule has 5 rings (SSSR count). The first-order valence-corrected chi connectivity index (χ1v) is 10.4. The Morgan fingerprint density at radius 2 is 2.00 bits per heavy atom. The minimum Gasteiger partial charge on any atom is -0.368 e. The summed E-state index contributed by atoms with van der Waals surface area (Å²) in [7, 11) is 1.91. The molecule has 1 atom stereocenters. The molecule has 1 unspecified atom stereocenters. The average Bonchev–Trinajstić information content (AvgIpc) is 3.29. The molecular weight excluding hydrogens is 352 g/mol.